The SMILES string of the molecule is CCOc1cc(CNC(CC)CO)cc(Br)c1OCc1ccc(C)cc1. The number of aryl methyl sites for hydroxylation is 1. The van der Waals surface area contributed by atoms with Gasteiger partial charge in [-0.05, 0) is 59.5 Å². The molecule has 2 aromatic carbocycles. The van der Waals surface area contributed by atoms with Crippen molar-refractivity contribution in [3.8, 4) is 11.5 Å². The van der Waals surface area contributed by atoms with E-state index in [-0.39, 0.29) is 12.6 Å². The lowest BCUT2D eigenvalue weighted by atomic mass is 10.1. The number of benzene rings is 2. The molecule has 0 aliphatic carbocycles. The van der Waals surface area contributed by atoms with Gasteiger partial charge in [0.2, 0.25) is 0 Å². The van der Waals surface area contributed by atoms with E-state index in [1.807, 2.05) is 19.1 Å². The first-order chi connectivity index (χ1) is 12.6. The molecule has 0 bridgehead atoms. The molecule has 0 amide bonds. The van der Waals surface area contributed by atoms with Crippen LogP contribution in [0.3, 0.4) is 0 Å². The van der Waals surface area contributed by atoms with Gasteiger partial charge in [0, 0.05) is 12.6 Å². The summed E-state index contributed by atoms with van der Waals surface area (Å²) in [6.07, 6.45) is 0.883. The molecule has 2 rings (SSSR count). The first-order valence-electron chi connectivity index (χ1n) is 9.05. The minimum Gasteiger partial charge on any atom is -0.490 e. The number of aliphatic hydroxyl groups is 1. The predicted molar refractivity (Wildman–Crippen MR) is 109 cm³/mol. The molecule has 2 aromatic rings. The number of halogens is 1. The van der Waals surface area contributed by atoms with Crippen molar-refractivity contribution in [2.75, 3.05) is 13.2 Å². The molecule has 0 saturated heterocycles. The third-order valence-corrected chi connectivity index (χ3v) is 4.77. The van der Waals surface area contributed by atoms with E-state index >= 15 is 0 Å². The van der Waals surface area contributed by atoms with Crippen LogP contribution in [0.15, 0.2) is 40.9 Å². The van der Waals surface area contributed by atoms with Crippen molar-refractivity contribution < 1.29 is 14.6 Å². The predicted octanol–water partition coefficient (Wildman–Crippen LogP) is 4.60. The highest BCUT2D eigenvalue weighted by Crippen LogP contribution is 2.37. The lowest BCUT2D eigenvalue weighted by Gasteiger charge is -2.18. The van der Waals surface area contributed by atoms with E-state index in [0.717, 1.165) is 27.8 Å². The fourth-order valence-corrected chi connectivity index (χ4v) is 3.17. The molecule has 0 spiro atoms. The average Bonchev–Trinajstić information content (AvgIpc) is 2.63. The Hall–Kier alpha value is -1.56. The quantitative estimate of drug-likeness (QED) is 0.588. The van der Waals surface area contributed by atoms with Gasteiger partial charge in [0.05, 0.1) is 17.7 Å². The summed E-state index contributed by atoms with van der Waals surface area (Å²) >= 11 is 3.61. The van der Waals surface area contributed by atoms with Gasteiger partial charge in [0.1, 0.15) is 6.61 Å². The number of hydrogen-bond acceptors (Lipinski definition) is 4. The van der Waals surface area contributed by atoms with Crippen molar-refractivity contribution in [1.29, 1.82) is 0 Å². The largest absolute Gasteiger partial charge is 0.490 e. The van der Waals surface area contributed by atoms with Gasteiger partial charge in [0.15, 0.2) is 11.5 Å². The zero-order valence-electron chi connectivity index (χ0n) is 15.7. The second-order valence-electron chi connectivity index (χ2n) is 6.28. The molecule has 0 aromatic heterocycles. The van der Waals surface area contributed by atoms with E-state index in [1.54, 1.807) is 0 Å². The number of hydrogen-bond donors (Lipinski definition) is 2. The molecule has 5 heteroatoms. The van der Waals surface area contributed by atoms with Gasteiger partial charge in [-0.25, -0.2) is 0 Å². The molecule has 1 atom stereocenters. The first kappa shape index (κ1) is 20.7. The van der Waals surface area contributed by atoms with Crippen LogP contribution in [0, 0.1) is 6.92 Å². The maximum atomic E-state index is 9.32. The molecule has 26 heavy (non-hydrogen) atoms. The average molecular weight is 422 g/mol. The van der Waals surface area contributed by atoms with Gasteiger partial charge in [-0.1, -0.05) is 36.8 Å². The minimum atomic E-state index is 0.0989. The van der Waals surface area contributed by atoms with Crippen LogP contribution in [0.5, 0.6) is 11.5 Å². The molecule has 142 valence electrons. The maximum absolute atomic E-state index is 9.32. The van der Waals surface area contributed by atoms with E-state index in [1.165, 1.54) is 5.56 Å². The zero-order valence-corrected chi connectivity index (χ0v) is 17.3. The molecular formula is C21H28BrNO3. The monoisotopic (exact) mass is 421 g/mol. The standard InChI is InChI=1S/C21H28BrNO3/c1-4-18(13-24)23-12-17-10-19(22)21(20(11-17)25-5-2)26-14-16-8-6-15(3)7-9-16/h6-11,18,23-24H,4-5,12-14H2,1-3H3. The topological polar surface area (TPSA) is 50.7 Å². The van der Waals surface area contributed by atoms with Crippen molar-refractivity contribution in [2.45, 2.75) is 46.4 Å². The summed E-state index contributed by atoms with van der Waals surface area (Å²) in [5.74, 6) is 1.44. The highest BCUT2D eigenvalue weighted by Gasteiger charge is 2.13. The van der Waals surface area contributed by atoms with Crippen molar-refractivity contribution in [2.24, 2.45) is 0 Å². The molecule has 0 saturated carbocycles. The number of rotatable bonds is 10. The molecule has 0 fully saturated rings. The highest BCUT2D eigenvalue weighted by molar-refractivity contribution is 9.10. The number of nitrogens with one attached hydrogen (secondary N) is 1. The number of aliphatic hydroxyl groups excluding tert-OH is 1. The van der Waals surface area contributed by atoms with E-state index in [0.29, 0.717) is 25.5 Å². The zero-order chi connectivity index (χ0) is 18.9. The summed E-state index contributed by atoms with van der Waals surface area (Å²) in [5.41, 5.74) is 3.43. The van der Waals surface area contributed by atoms with Gasteiger partial charge in [-0.3, -0.25) is 0 Å². The first-order valence-corrected chi connectivity index (χ1v) is 9.84. The minimum absolute atomic E-state index is 0.0989. The van der Waals surface area contributed by atoms with Gasteiger partial charge in [-0.15, -0.1) is 0 Å². The Balaban J connectivity index is 2.13. The van der Waals surface area contributed by atoms with Gasteiger partial charge >= 0.3 is 0 Å². The van der Waals surface area contributed by atoms with Crippen LogP contribution in [-0.2, 0) is 13.2 Å². The molecule has 0 aliphatic heterocycles. The van der Waals surface area contributed by atoms with Crippen LogP contribution in [0.1, 0.15) is 37.0 Å². The molecule has 0 heterocycles. The van der Waals surface area contributed by atoms with Crippen LogP contribution < -0.4 is 14.8 Å². The fraction of sp³-hybridized carbons (Fsp3) is 0.429. The summed E-state index contributed by atoms with van der Waals surface area (Å²) in [5, 5.41) is 12.7. The van der Waals surface area contributed by atoms with Crippen molar-refractivity contribution in [3.63, 3.8) is 0 Å². The third kappa shape index (κ3) is 6.01. The van der Waals surface area contributed by atoms with E-state index < -0.39 is 0 Å². The van der Waals surface area contributed by atoms with Crippen molar-refractivity contribution in [3.05, 3.63) is 57.6 Å². The Kier molecular flexibility index (Phi) is 8.42. The lowest BCUT2D eigenvalue weighted by Crippen LogP contribution is -2.31. The van der Waals surface area contributed by atoms with Crippen LogP contribution >= 0.6 is 15.9 Å². The van der Waals surface area contributed by atoms with Gasteiger partial charge in [0.25, 0.3) is 0 Å². The maximum Gasteiger partial charge on any atom is 0.175 e. The Bertz CT molecular complexity index is 684. The molecule has 0 radical (unpaired) electrons. The Morgan fingerprint density at radius 1 is 1.08 bits per heavy atom. The van der Waals surface area contributed by atoms with Crippen molar-refractivity contribution in [1.82, 2.24) is 5.32 Å². The summed E-state index contributed by atoms with van der Waals surface area (Å²) in [6.45, 7) is 7.93. The normalized spacial score (nSPS) is 12.0. The van der Waals surface area contributed by atoms with Crippen LogP contribution in [0.2, 0.25) is 0 Å². The number of ether oxygens (including phenoxy) is 2. The van der Waals surface area contributed by atoms with Crippen LogP contribution in [-0.4, -0.2) is 24.4 Å². The van der Waals surface area contributed by atoms with Gasteiger partial charge in [-0.2, -0.15) is 0 Å². The van der Waals surface area contributed by atoms with E-state index in [4.69, 9.17) is 9.47 Å². The Labute approximate surface area is 164 Å². The highest BCUT2D eigenvalue weighted by atomic mass is 79.9. The fourth-order valence-electron chi connectivity index (χ4n) is 2.57. The third-order valence-electron chi connectivity index (χ3n) is 4.18. The lowest BCUT2D eigenvalue weighted by molar-refractivity contribution is 0.238. The summed E-state index contributed by atoms with van der Waals surface area (Å²) in [6, 6.07) is 12.4. The summed E-state index contributed by atoms with van der Waals surface area (Å²) in [4.78, 5) is 0. The Morgan fingerprint density at radius 3 is 2.42 bits per heavy atom. The van der Waals surface area contributed by atoms with Crippen LogP contribution in [0.25, 0.3) is 0 Å². The van der Waals surface area contributed by atoms with Crippen molar-refractivity contribution >= 4 is 15.9 Å². The second-order valence-corrected chi connectivity index (χ2v) is 7.14. The molecule has 0 aliphatic rings. The smallest absolute Gasteiger partial charge is 0.175 e. The van der Waals surface area contributed by atoms with E-state index in [9.17, 15) is 5.11 Å². The molecule has 4 nitrogen and oxygen atoms in total. The van der Waals surface area contributed by atoms with Crippen LogP contribution in [0.4, 0.5) is 0 Å². The van der Waals surface area contributed by atoms with E-state index in [2.05, 4.69) is 59.4 Å². The second kappa shape index (κ2) is 10.6. The Morgan fingerprint density at radius 2 is 1.81 bits per heavy atom. The molecule has 2 N–H and O–H groups in total. The summed E-state index contributed by atoms with van der Waals surface area (Å²) < 4.78 is 12.7. The summed E-state index contributed by atoms with van der Waals surface area (Å²) in [7, 11) is 0. The molecule has 1 unspecified atom stereocenters. The molecular weight excluding hydrogens is 394 g/mol. The van der Waals surface area contributed by atoms with Gasteiger partial charge < -0.3 is 19.9 Å².